The van der Waals surface area contributed by atoms with Gasteiger partial charge in [0.15, 0.2) is 0 Å². The van der Waals surface area contributed by atoms with Crippen LogP contribution in [-0.4, -0.2) is 13.6 Å². The molecule has 1 heterocycles. The van der Waals surface area contributed by atoms with Gasteiger partial charge in [0.05, 0.1) is 5.02 Å². The van der Waals surface area contributed by atoms with Gasteiger partial charge in [-0.2, -0.15) is 0 Å². The van der Waals surface area contributed by atoms with E-state index in [0.29, 0.717) is 0 Å². The molecule has 0 spiro atoms. The number of benzene rings is 1. The molecule has 1 aromatic carbocycles. The third-order valence-electron chi connectivity index (χ3n) is 2.25. The zero-order chi connectivity index (χ0) is 10.7. The minimum atomic E-state index is -0.314. The Bertz CT molecular complexity index is 325. The highest BCUT2D eigenvalue weighted by Gasteiger charge is 2.17. The largest absolute Gasteiger partial charge is 0.374 e. The topological polar surface area (TPSA) is 3.24 Å². The molecule has 1 aliphatic heterocycles. The maximum absolute atomic E-state index is 13.0. The Labute approximate surface area is 89.5 Å². The summed E-state index contributed by atoms with van der Waals surface area (Å²) in [5.74, 6) is -0.314. The van der Waals surface area contributed by atoms with E-state index < -0.39 is 0 Å². The van der Waals surface area contributed by atoms with Crippen LogP contribution < -0.4 is 4.90 Å². The van der Waals surface area contributed by atoms with Crippen molar-refractivity contribution in [1.82, 2.24) is 0 Å². The Morgan fingerprint density at radius 1 is 1.36 bits per heavy atom. The van der Waals surface area contributed by atoms with Crippen LogP contribution in [0, 0.1) is 5.82 Å². The van der Waals surface area contributed by atoms with Crippen LogP contribution in [0.3, 0.4) is 0 Å². The zero-order valence-corrected chi connectivity index (χ0v) is 9.53. The first kappa shape index (κ1) is 11.3. The van der Waals surface area contributed by atoms with Crippen LogP contribution in [0.5, 0.6) is 0 Å². The van der Waals surface area contributed by atoms with Gasteiger partial charge in [0.25, 0.3) is 0 Å². The predicted octanol–water partition coefficient (Wildman–Crippen LogP) is 3.50. The average molecular weight is 216 g/mol. The molecule has 0 saturated heterocycles. The van der Waals surface area contributed by atoms with Gasteiger partial charge < -0.3 is 4.90 Å². The summed E-state index contributed by atoms with van der Waals surface area (Å²) in [6, 6.07) is 3.22. The maximum Gasteiger partial charge on any atom is 0.142 e. The number of anilines is 1. The summed E-state index contributed by atoms with van der Waals surface area (Å²) in [4.78, 5) is 2.08. The highest BCUT2D eigenvalue weighted by atomic mass is 35.5. The Kier molecular flexibility index (Phi) is 3.76. The zero-order valence-electron chi connectivity index (χ0n) is 8.77. The lowest BCUT2D eigenvalue weighted by Gasteiger charge is -2.11. The first-order chi connectivity index (χ1) is 6.68. The summed E-state index contributed by atoms with van der Waals surface area (Å²) < 4.78 is 13.0. The van der Waals surface area contributed by atoms with Crippen LogP contribution in [0.15, 0.2) is 12.1 Å². The van der Waals surface area contributed by atoms with Crippen molar-refractivity contribution >= 4 is 17.3 Å². The minimum Gasteiger partial charge on any atom is -0.374 e. The van der Waals surface area contributed by atoms with Crippen LogP contribution in [0.1, 0.15) is 19.4 Å². The molecular formula is C11H15ClFN. The lowest BCUT2D eigenvalue weighted by Crippen LogP contribution is -2.12. The highest BCUT2D eigenvalue weighted by molar-refractivity contribution is 6.31. The van der Waals surface area contributed by atoms with E-state index in [1.807, 2.05) is 20.9 Å². The van der Waals surface area contributed by atoms with E-state index >= 15 is 0 Å². The Hall–Kier alpha value is -0.760. The second-order valence-electron chi connectivity index (χ2n) is 3.07. The summed E-state index contributed by atoms with van der Waals surface area (Å²) in [5.41, 5.74) is 2.11. The van der Waals surface area contributed by atoms with Crippen LogP contribution in [0.2, 0.25) is 5.02 Å². The van der Waals surface area contributed by atoms with Gasteiger partial charge in [-0.3, -0.25) is 0 Å². The van der Waals surface area contributed by atoms with E-state index in [0.717, 1.165) is 24.2 Å². The molecule has 0 aliphatic carbocycles. The second-order valence-corrected chi connectivity index (χ2v) is 3.47. The Balaban J connectivity index is 0.000000461. The lowest BCUT2D eigenvalue weighted by molar-refractivity contribution is 0.627. The van der Waals surface area contributed by atoms with E-state index in [9.17, 15) is 4.39 Å². The van der Waals surface area contributed by atoms with Gasteiger partial charge in [-0.1, -0.05) is 25.4 Å². The molecule has 1 aliphatic rings. The van der Waals surface area contributed by atoms with E-state index in [2.05, 4.69) is 4.90 Å². The van der Waals surface area contributed by atoms with Crippen molar-refractivity contribution in [2.24, 2.45) is 0 Å². The van der Waals surface area contributed by atoms with Gasteiger partial charge in [-0.25, -0.2) is 4.39 Å². The molecule has 0 amide bonds. The molecule has 0 radical (unpaired) electrons. The third-order valence-corrected chi connectivity index (χ3v) is 2.54. The average Bonchev–Trinajstić information content (AvgIpc) is 2.53. The van der Waals surface area contributed by atoms with Gasteiger partial charge >= 0.3 is 0 Å². The molecule has 0 bridgehead atoms. The van der Waals surface area contributed by atoms with Gasteiger partial charge in [0.1, 0.15) is 5.82 Å². The fourth-order valence-electron chi connectivity index (χ4n) is 1.54. The number of hydrogen-bond donors (Lipinski definition) is 0. The molecule has 0 unspecified atom stereocenters. The fourth-order valence-corrected chi connectivity index (χ4v) is 1.70. The number of hydrogen-bond acceptors (Lipinski definition) is 1. The number of likely N-dealkylation sites (N-methyl/N-ethyl adjacent to an activating group) is 1. The first-order valence-electron chi connectivity index (χ1n) is 4.87. The van der Waals surface area contributed by atoms with Crippen molar-refractivity contribution in [2.75, 3.05) is 18.5 Å². The number of halogens is 2. The normalized spacial score (nSPS) is 13.4. The van der Waals surface area contributed by atoms with Gasteiger partial charge in [-0.05, 0) is 24.1 Å². The lowest BCUT2D eigenvalue weighted by atomic mass is 10.2. The van der Waals surface area contributed by atoms with Crippen molar-refractivity contribution in [3.63, 3.8) is 0 Å². The smallest absolute Gasteiger partial charge is 0.142 e. The molecule has 0 N–H and O–H groups in total. The summed E-state index contributed by atoms with van der Waals surface area (Å²) in [7, 11) is 1.99. The molecule has 14 heavy (non-hydrogen) atoms. The number of rotatable bonds is 0. The standard InChI is InChI=1S/C9H9ClFN.C2H6/c1-12-3-2-6-4-8(11)7(10)5-9(6)12;1-2/h4-5H,2-3H2,1H3;1-2H3. The van der Waals surface area contributed by atoms with Gasteiger partial charge in [0.2, 0.25) is 0 Å². The molecule has 2 rings (SSSR count). The molecule has 0 atom stereocenters. The predicted molar refractivity (Wildman–Crippen MR) is 59.7 cm³/mol. The molecule has 0 fully saturated rings. The van der Waals surface area contributed by atoms with Gasteiger partial charge in [-0.15, -0.1) is 0 Å². The van der Waals surface area contributed by atoms with E-state index in [1.54, 1.807) is 6.07 Å². The summed E-state index contributed by atoms with van der Waals surface area (Å²) >= 11 is 5.66. The van der Waals surface area contributed by atoms with Crippen molar-refractivity contribution in [1.29, 1.82) is 0 Å². The van der Waals surface area contributed by atoms with Crippen LogP contribution >= 0.6 is 11.6 Å². The monoisotopic (exact) mass is 215 g/mol. The molecular weight excluding hydrogens is 201 g/mol. The molecule has 1 aromatic rings. The summed E-state index contributed by atoms with van der Waals surface area (Å²) in [6.45, 7) is 4.95. The van der Waals surface area contributed by atoms with E-state index in [-0.39, 0.29) is 10.8 Å². The first-order valence-corrected chi connectivity index (χ1v) is 5.25. The quantitative estimate of drug-likeness (QED) is 0.640. The fraction of sp³-hybridized carbons (Fsp3) is 0.455. The molecule has 78 valence electrons. The molecule has 0 saturated carbocycles. The maximum atomic E-state index is 13.0. The molecule has 0 aromatic heterocycles. The van der Waals surface area contributed by atoms with Crippen molar-refractivity contribution < 1.29 is 4.39 Å². The van der Waals surface area contributed by atoms with Crippen LogP contribution in [0.25, 0.3) is 0 Å². The minimum absolute atomic E-state index is 0.211. The third kappa shape index (κ3) is 2.01. The second kappa shape index (κ2) is 4.65. The van der Waals surface area contributed by atoms with Crippen molar-refractivity contribution in [3.8, 4) is 0 Å². The molecule has 1 nitrogen and oxygen atoms in total. The number of nitrogens with zero attached hydrogens (tertiary/aromatic N) is 1. The van der Waals surface area contributed by atoms with Crippen LogP contribution in [0.4, 0.5) is 10.1 Å². The van der Waals surface area contributed by atoms with Crippen LogP contribution in [-0.2, 0) is 6.42 Å². The number of fused-ring (bicyclic) bond motifs is 1. The summed E-state index contributed by atoms with van der Waals surface area (Å²) in [5, 5.41) is 0.211. The van der Waals surface area contributed by atoms with Crippen molar-refractivity contribution in [3.05, 3.63) is 28.5 Å². The summed E-state index contributed by atoms with van der Waals surface area (Å²) in [6.07, 6.45) is 0.917. The Morgan fingerprint density at radius 2 is 2.00 bits per heavy atom. The van der Waals surface area contributed by atoms with Crippen molar-refractivity contribution in [2.45, 2.75) is 20.3 Å². The molecule has 3 heteroatoms. The SMILES string of the molecule is CC.CN1CCc2cc(F)c(Cl)cc21. The highest BCUT2D eigenvalue weighted by Crippen LogP contribution is 2.31. The van der Waals surface area contributed by atoms with E-state index in [4.69, 9.17) is 11.6 Å². The Morgan fingerprint density at radius 3 is 2.64 bits per heavy atom. The van der Waals surface area contributed by atoms with E-state index in [1.165, 1.54) is 6.07 Å². The van der Waals surface area contributed by atoms with Gasteiger partial charge in [0, 0.05) is 19.3 Å².